The van der Waals surface area contributed by atoms with E-state index in [1.165, 1.54) is 0 Å². The molecule has 0 saturated carbocycles. The molecule has 8 heteroatoms. The second-order valence-corrected chi connectivity index (χ2v) is 5.37. The number of alkyl halides is 3. The summed E-state index contributed by atoms with van der Waals surface area (Å²) in [5.74, 6) is 0. The van der Waals surface area contributed by atoms with Crippen molar-refractivity contribution in [3.8, 4) is 0 Å². The molecule has 0 aromatic rings. The summed E-state index contributed by atoms with van der Waals surface area (Å²) in [4.78, 5) is 0. The second-order valence-electron chi connectivity index (χ2n) is 0.900. The quantitative estimate of drug-likeness (QED) is 0.275. The normalized spacial score (nSPS) is 12.4. The van der Waals surface area contributed by atoms with Gasteiger partial charge in [-0.15, -0.1) is 0 Å². The van der Waals surface area contributed by atoms with E-state index in [0.29, 0.717) is 0 Å². The van der Waals surface area contributed by atoms with Crippen molar-refractivity contribution >= 4 is 44.9 Å². The first-order chi connectivity index (χ1) is 3.25. The van der Waals surface area contributed by atoms with Crippen molar-refractivity contribution < 1.29 is 64.4 Å². The van der Waals surface area contributed by atoms with Crippen LogP contribution in [0.25, 0.3) is 0 Å². The van der Waals surface area contributed by atoms with Gasteiger partial charge in [-0.2, -0.15) is 0 Å². The van der Waals surface area contributed by atoms with E-state index in [9.17, 15) is 13.0 Å². The number of halogens is 3. The van der Waals surface area contributed by atoms with Crippen LogP contribution in [-0.4, -0.2) is 16.1 Å². The minimum atomic E-state index is -4.79. The first-order valence-electron chi connectivity index (χ1n) is 1.27. The van der Waals surface area contributed by atoms with Gasteiger partial charge in [-0.25, -0.2) is 8.42 Å². The molecule has 0 aliphatic heterocycles. The Bertz CT molecular complexity index is 168. The summed E-state index contributed by atoms with van der Waals surface area (Å²) >= 11 is 13.9. The van der Waals surface area contributed by atoms with Crippen LogP contribution < -0.4 is 51.4 Å². The third kappa shape index (κ3) is 5.66. The molecule has 0 aliphatic carbocycles. The van der Waals surface area contributed by atoms with Gasteiger partial charge in [0.1, 0.15) is 10.1 Å². The van der Waals surface area contributed by atoms with Crippen LogP contribution in [0.3, 0.4) is 0 Å². The van der Waals surface area contributed by atoms with Gasteiger partial charge in [0.25, 0.3) is 3.12 Å². The maximum Gasteiger partial charge on any atom is 1.00 e. The predicted octanol–water partition coefficient (Wildman–Crippen LogP) is -2.14. The van der Waals surface area contributed by atoms with Crippen molar-refractivity contribution in [2.45, 2.75) is 3.12 Å². The molecule has 0 radical (unpaired) electrons. The third-order valence-corrected chi connectivity index (χ3v) is 2.55. The van der Waals surface area contributed by atoms with Crippen LogP contribution in [0.5, 0.6) is 0 Å². The Morgan fingerprint density at radius 1 is 1.22 bits per heavy atom. The standard InChI is InChI=1S/CHCl3O3S.K/c2-1(3,4)8(5,6)7;/h(H,5,6,7);/q;+1/p-1. The maximum atomic E-state index is 9.70. The minimum Gasteiger partial charge on any atom is -0.745 e. The summed E-state index contributed by atoms with van der Waals surface area (Å²) < 4.78 is 26.4. The Hall–Kier alpha value is 2.42. The molecule has 0 aliphatic rings. The summed E-state index contributed by atoms with van der Waals surface area (Å²) in [6.45, 7) is 0. The molecule has 0 unspecified atom stereocenters. The smallest absolute Gasteiger partial charge is 0.745 e. The molecule has 0 heterocycles. The first kappa shape index (κ1) is 14.0. The average Bonchev–Trinajstić information content (AvgIpc) is 1.25. The molecular weight excluding hydrogens is 238 g/mol. The minimum absolute atomic E-state index is 0. The van der Waals surface area contributed by atoms with Gasteiger partial charge in [-0.3, -0.25) is 0 Å². The molecule has 0 atom stereocenters. The van der Waals surface area contributed by atoms with Crippen LogP contribution in [-0.2, 0) is 10.1 Å². The number of rotatable bonds is 0. The van der Waals surface area contributed by atoms with Gasteiger partial charge in [-0.1, -0.05) is 34.8 Å². The molecule has 0 aromatic carbocycles. The van der Waals surface area contributed by atoms with Crippen molar-refractivity contribution in [3.63, 3.8) is 0 Å². The molecule has 0 spiro atoms. The van der Waals surface area contributed by atoms with E-state index in [2.05, 4.69) is 34.8 Å². The Labute approximate surface area is 110 Å². The Morgan fingerprint density at radius 3 is 1.33 bits per heavy atom. The fourth-order valence-corrected chi connectivity index (χ4v) is 0. The van der Waals surface area contributed by atoms with Gasteiger partial charge in [0, 0.05) is 0 Å². The SMILES string of the molecule is O=S(=O)([O-])C(Cl)(Cl)Cl.[K+]. The van der Waals surface area contributed by atoms with Crippen LogP contribution in [0, 0.1) is 0 Å². The fourth-order valence-electron chi connectivity index (χ4n) is 0. The first-order valence-corrected chi connectivity index (χ1v) is 3.81. The third-order valence-electron chi connectivity index (χ3n) is 0.283. The molecule has 0 saturated heterocycles. The van der Waals surface area contributed by atoms with Crippen molar-refractivity contribution in [2.75, 3.05) is 0 Å². The molecule has 0 aromatic heterocycles. The zero-order valence-electron chi connectivity index (χ0n) is 4.27. The van der Waals surface area contributed by atoms with Gasteiger partial charge >= 0.3 is 51.4 Å². The summed E-state index contributed by atoms with van der Waals surface area (Å²) in [5.41, 5.74) is 0. The van der Waals surface area contributed by atoms with Crippen LogP contribution in [0.2, 0.25) is 0 Å². The second kappa shape index (κ2) is 4.44. The Morgan fingerprint density at radius 2 is 1.33 bits per heavy atom. The van der Waals surface area contributed by atoms with Gasteiger partial charge < -0.3 is 4.55 Å². The summed E-state index contributed by atoms with van der Waals surface area (Å²) in [7, 11) is -4.79. The van der Waals surface area contributed by atoms with E-state index >= 15 is 0 Å². The van der Waals surface area contributed by atoms with Crippen molar-refractivity contribution in [1.82, 2.24) is 0 Å². The topological polar surface area (TPSA) is 57.2 Å². The number of hydrogen-bond donors (Lipinski definition) is 0. The van der Waals surface area contributed by atoms with Crippen molar-refractivity contribution in [2.24, 2.45) is 0 Å². The maximum absolute atomic E-state index is 9.70. The molecule has 0 N–H and O–H groups in total. The number of hydrogen-bond acceptors (Lipinski definition) is 3. The van der Waals surface area contributed by atoms with E-state index < -0.39 is 13.2 Å². The molecule has 0 bridgehead atoms. The van der Waals surface area contributed by atoms with Crippen LogP contribution in [0.4, 0.5) is 0 Å². The average molecular weight is 238 g/mol. The molecule has 9 heavy (non-hydrogen) atoms. The zero-order valence-corrected chi connectivity index (χ0v) is 10.5. The predicted molar refractivity (Wildman–Crippen MR) is 30.0 cm³/mol. The molecule has 50 valence electrons. The summed E-state index contributed by atoms with van der Waals surface area (Å²) in [5, 5.41) is 0. The molecule has 0 fully saturated rings. The van der Waals surface area contributed by atoms with Crippen LogP contribution >= 0.6 is 34.8 Å². The van der Waals surface area contributed by atoms with Gasteiger partial charge in [-0.05, 0) is 0 Å². The molecule has 0 amide bonds. The Balaban J connectivity index is 0. The van der Waals surface area contributed by atoms with E-state index in [1.807, 2.05) is 0 Å². The zero-order chi connectivity index (χ0) is 7.00. The van der Waals surface area contributed by atoms with Gasteiger partial charge in [0.2, 0.25) is 0 Å². The Kier molecular flexibility index (Phi) is 6.90. The summed E-state index contributed by atoms with van der Waals surface area (Å²) in [6, 6.07) is 0. The van der Waals surface area contributed by atoms with E-state index in [4.69, 9.17) is 0 Å². The van der Waals surface area contributed by atoms with E-state index in [1.54, 1.807) is 0 Å². The van der Waals surface area contributed by atoms with Crippen LogP contribution in [0.15, 0.2) is 0 Å². The fraction of sp³-hybridized carbons (Fsp3) is 1.00. The monoisotopic (exact) mass is 236 g/mol. The van der Waals surface area contributed by atoms with Crippen LogP contribution in [0.1, 0.15) is 0 Å². The summed E-state index contributed by atoms with van der Waals surface area (Å²) in [6.07, 6.45) is 0. The van der Waals surface area contributed by atoms with Crippen molar-refractivity contribution in [3.05, 3.63) is 0 Å². The molecular formula is CCl3KO3S. The van der Waals surface area contributed by atoms with E-state index in [0.717, 1.165) is 0 Å². The largest absolute Gasteiger partial charge is 1.00 e. The molecule has 3 nitrogen and oxygen atoms in total. The van der Waals surface area contributed by atoms with Crippen molar-refractivity contribution in [1.29, 1.82) is 0 Å². The van der Waals surface area contributed by atoms with E-state index in [-0.39, 0.29) is 51.4 Å². The van der Waals surface area contributed by atoms with Gasteiger partial charge in [0.05, 0.1) is 0 Å². The van der Waals surface area contributed by atoms with Gasteiger partial charge in [0.15, 0.2) is 0 Å². The molecule has 0 rings (SSSR count).